The summed E-state index contributed by atoms with van der Waals surface area (Å²) in [6, 6.07) is 8.25. The van der Waals surface area contributed by atoms with Crippen LogP contribution >= 0.6 is 0 Å². The number of urea groups is 1. The van der Waals surface area contributed by atoms with Crippen molar-refractivity contribution in [2.24, 2.45) is 5.73 Å². The van der Waals surface area contributed by atoms with E-state index < -0.39 is 12.1 Å². The topological polar surface area (TPSA) is 113 Å². The van der Waals surface area contributed by atoms with Crippen LogP contribution in [-0.2, 0) is 4.79 Å². The Hall–Kier alpha value is -2.83. The van der Waals surface area contributed by atoms with Crippen molar-refractivity contribution in [3.8, 4) is 11.3 Å². The number of amides is 3. The lowest BCUT2D eigenvalue weighted by atomic mass is 10.1. The fraction of sp³-hybridized carbons (Fsp3) is 0.389. The maximum atomic E-state index is 12.5. The molecule has 0 aliphatic carbocycles. The lowest BCUT2D eigenvalue weighted by Gasteiger charge is -2.20. The second-order valence-corrected chi connectivity index (χ2v) is 5.87. The Morgan fingerprint density at radius 3 is 2.52 bits per heavy atom. The molecule has 7 nitrogen and oxygen atoms in total. The SMILES string of the molecule is CCC[C@H](NC(N)=O)C(=O)N[C@@H](CC)c1ncc(-c2ccccc2)[nH]1. The van der Waals surface area contributed by atoms with Crippen molar-refractivity contribution in [2.75, 3.05) is 0 Å². The number of carbonyl (C=O) groups is 2. The standard InChI is InChI=1S/C18H25N5O2/c1-3-8-14(23-18(19)25)17(24)22-13(4-2)16-20-11-15(21-16)12-9-6-5-7-10-12/h5-7,9-11,13-14H,3-4,8H2,1-2H3,(H,20,21)(H,22,24)(H3,19,23,25)/t13-,14-/m0/s1. The molecule has 25 heavy (non-hydrogen) atoms. The summed E-state index contributed by atoms with van der Waals surface area (Å²) in [6.45, 7) is 3.91. The molecule has 3 amide bonds. The lowest BCUT2D eigenvalue weighted by molar-refractivity contribution is -0.123. The van der Waals surface area contributed by atoms with Crippen LogP contribution in [0.2, 0.25) is 0 Å². The van der Waals surface area contributed by atoms with Gasteiger partial charge in [-0.05, 0) is 18.4 Å². The highest BCUT2D eigenvalue weighted by Crippen LogP contribution is 2.20. The van der Waals surface area contributed by atoms with E-state index >= 15 is 0 Å². The van der Waals surface area contributed by atoms with E-state index in [1.54, 1.807) is 6.20 Å². The molecule has 0 unspecified atom stereocenters. The van der Waals surface area contributed by atoms with Gasteiger partial charge < -0.3 is 21.4 Å². The number of imidazole rings is 1. The first-order valence-corrected chi connectivity index (χ1v) is 8.51. The molecule has 0 radical (unpaired) electrons. The van der Waals surface area contributed by atoms with Crippen LogP contribution in [0.25, 0.3) is 11.3 Å². The normalized spacial score (nSPS) is 13.0. The van der Waals surface area contributed by atoms with Crippen molar-refractivity contribution < 1.29 is 9.59 Å². The maximum absolute atomic E-state index is 12.5. The summed E-state index contributed by atoms with van der Waals surface area (Å²) in [6.07, 6.45) is 3.71. The molecular formula is C18H25N5O2. The Kier molecular flexibility index (Phi) is 6.56. The largest absolute Gasteiger partial charge is 0.352 e. The van der Waals surface area contributed by atoms with Gasteiger partial charge in [0.15, 0.2) is 0 Å². The van der Waals surface area contributed by atoms with Crippen molar-refractivity contribution >= 4 is 11.9 Å². The number of rotatable bonds is 8. The van der Waals surface area contributed by atoms with E-state index in [2.05, 4.69) is 20.6 Å². The molecule has 0 saturated carbocycles. The molecule has 0 fully saturated rings. The molecule has 0 spiro atoms. The number of hydrogen-bond acceptors (Lipinski definition) is 3. The van der Waals surface area contributed by atoms with E-state index in [-0.39, 0.29) is 11.9 Å². The number of H-pyrrole nitrogens is 1. The number of primary amides is 1. The summed E-state index contributed by atoms with van der Waals surface area (Å²) in [7, 11) is 0. The minimum Gasteiger partial charge on any atom is -0.352 e. The summed E-state index contributed by atoms with van der Waals surface area (Å²) in [5, 5.41) is 5.42. The highest BCUT2D eigenvalue weighted by Gasteiger charge is 2.23. The molecule has 134 valence electrons. The van der Waals surface area contributed by atoms with E-state index in [0.29, 0.717) is 18.7 Å². The first-order chi connectivity index (χ1) is 12.0. The van der Waals surface area contributed by atoms with Crippen molar-refractivity contribution in [3.05, 3.63) is 42.4 Å². The smallest absolute Gasteiger partial charge is 0.312 e. The third kappa shape index (κ3) is 5.07. The van der Waals surface area contributed by atoms with Crippen molar-refractivity contribution in [3.63, 3.8) is 0 Å². The van der Waals surface area contributed by atoms with E-state index in [4.69, 9.17) is 5.73 Å². The minimum absolute atomic E-state index is 0.259. The third-order valence-electron chi connectivity index (χ3n) is 3.95. The predicted octanol–water partition coefficient (Wildman–Crippen LogP) is 2.48. The zero-order valence-electron chi connectivity index (χ0n) is 14.6. The van der Waals surface area contributed by atoms with Gasteiger partial charge in [0.05, 0.1) is 17.9 Å². The number of aromatic nitrogens is 2. The van der Waals surface area contributed by atoms with Crippen LogP contribution in [0, 0.1) is 0 Å². The zero-order valence-corrected chi connectivity index (χ0v) is 14.6. The molecule has 7 heteroatoms. The van der Waals surface area contributed by atoms with E-state index in [1.807, 2.05) is 44.2 Å². The van der Waals surface area contributed by atoms with Crippen molar-refractivity contribution in [1.82, 2.24) is 20.6 Å². The monoisotopic (exact) mass is 343 g/mol. The third-order valence-corrected chi connectivity index (χ3v) is 3.95. The fourth-order valence-electron chi connectivity index (χ4n) is 2.64. The molecule has 0 saturated heterocycles. The summed E-state index contributed by atoms with van der Waals surface area (Å²) in [4.78, 5) is 31.2. The Bertz CT molecular complexity index is 699. The van der Waals surface area contributed by atoms with Crippen molar-refractivity contribution in [2.45, 2.75) is 45.2 Å². The summed E-state index contributed by atoms with van der Waals surface area (Å²) >= 11 is 0. The zero-order chi connectivity index (χ0) is 18.2. The second kappa shape index (κ2) is 8.86. The predicted molar refractivity (Wildman–Crippen MR) is 96.6 cm³/mol. The number of hydrogen-bond donors (Lipinski definition) is 4. The molecule has 1 heterocycles. The minimum atomic E-state index is -0.703. The van der Waals surface area contributed by atoms with Gasteiger partial charge in [-0.3, -0.25) is 4.79 Å². The van der Waals surface area contributed by atoms with Gasteiger partial charge in [0.25, 0.3) is 0 Å². The number of benzene rings is 1. The number of nitrogens with one attached hydrogen (secondary N) is 3. The van der Waals surface area contributed by atoms with Crippen LogP contribution < -0.4 is 16.4 Å². The summed E-state index contributed by atoms with van der Waals surface area (Å²) in [5.41, 5.74) is 7.08. The molecule has 0 aliphatic heterocycles. The van der Waals surface area contributed by atoms with Gasteiger partial charge in [0.1, 0.15) is 11.9 Å². The molecule has 2 atom stereocenters. The lowest BCUT2D eigenvalue weighted by Crippen LogP contribution is -2.49. The highest BCUT2D eigenvalue weighted by molar-refractivity contribution is 5.86. The Morgan fingerprint density at radius 1 is 1.20 bits per heavy atom. The molecule has 2 aromatic rings. The first-order valence-electron chi connectivity index (χ1n) is 8.51. The number of nitrogens with two attached hydrogens (primary N) is 1. The van der Waals surface area contributed by atoms with E-state index in [9.17, 15) is 9.59 Å². The molecule has 1 aromatic carbocycles. The van der Waals surface area contributed by atoms with E-state index in [0.717, 1.165) is 17.7 Å². The fourth-order valence-corrected chi connectivity index (χ4v) is 2.64. The van der Waals surface area contributed by atoms with Gasteiger partial charge >= 0.3 is 6.03 Å². The average Bonchev–Trinajstić information content (AvgIpc) is 3.09. The Morgan fingerprint density at radius 2 is 1.92 bits per heavy atom. The number of nitrogens with zero attached hydrogens (tertiary/aromatic N) is 1. The first kappa shape index (κ1) is 18.5. The van der Waals surface area contributed by atoms with E-state index in [1.165, 1.54) is 0 Å². The van der Waals surface area contributed by atoms with Gasteiger partial charge in [-0.2, -0.15) is 0 Å². The quantitative estimate of drug-likeness (QED) is 0.590. The Labute approximate surface area is 147 Å². The molecule has 5 N–H and O–H groups in total. The van der Waals surface area contributed by atoms with Gasteiger partial charge in [-0.1, -0.05) is 50.6 Å². The molecular weight excluding hydrogens is 318 g/mol. The Balaban J connectivity index is 2.10. The number of carbonyl (C=O) groups excluding carboxylic acids is 2. The molecule has 0 aliphatic rings. The van der Waals surface area contributed by atoms with Gasteiger partial charge in [0, 0.05) is 0 Å². The van der Waals surface area contributed by atoms with Crippen molar-refractivity contribution in [1.29, 1.82) is 0 Å². The summed E-state index contributed by atoms with van der Waals surface area (Å²) < 4.78 is 0. The second-order valence-electron chi connectivity index (χ2n) is 5.87. The van der Waals surface area contributed by atoms with Crippen LogP contribution in [0.1, 0.15) is 45.0 Å². The molecule has 1 aromatic heterocycles. The highest BCUT2D eigenvalue weighted by atomic mass is 16.2. The van der Waals surface area contributed by atoms with Gasteiger partial charge in [0.2, 0.25) is 5.91 Å². The molecule has 2 rings (SSSR count). The molecule has 0 bridgehead atoms. The van der Waals surface area contributed by atoms with Crippen LogP contribution in [0.5, 0.6) is 0 Å². The summed E-state index contributed by atoms with van der Waals surface area (Å²) in [5.74, 6) is 0.425. The van der Waals surface area contributed by atoms with Gasteiger partial charge in [-0.15, -0.1) is 0 Å². The number of aromatic amines is 1. The average molecular weight is 343 g/mol. The van der Waals surface area contributed by atoms with Crippen LogP contribution in [0.3, 0.4) is 0 Å². The van der Waals surface area contributed by atoms with Crippen LogP contribution in [-0.4, -0.2) is 27.9 Å². The van der Waals surface area contributed by atoms with Crippen LogP contribution in [0.15, 0.2) is 36.5 Å². The van der Waals surface area contributed by atoms with Gasteiger partial charge in [-0.25, -0.2) is 9.78 Å². The maximum Gasteiger partial charge on any atom is 0.312 e. The van der Waals surface area contributed by atoms with Crippen LogP contribution in [0.4, 0.5) is 4.79 Å².